The molecule has 0 unspecified atom stereocenters. The maximum Gasteiger partial charge on any atom is 0.255 e. The van der Waals surface area contributed by atoms with E-state index in [4.69, 9.17) is 0 Å². The minimum atomic E-state index is -3.22. The number of carbonyl (C=O) groups excluding carboxylic acids is 1. The minimum absolute atomic E-state index is 0.0569. The topological polar surface area (TPSA) is 75.3 Å². The van der Waals surface area contributed by atoms with E-state index >= 15 is 0 Å². The zero-order valence-corrected chi connectivity index (χ0v) is 12.6. The molecule has 0 heterocycles. The molecule has 1 rings (SSSR count). The van der Waals surface area contributed by atoms with E-state index in [9.17, 15) is 17.6 Å². The number of nitrogens with one attached hydrogen (secondary N) is 2. The summed E-state index contributed by atoms with van der Waals surface area (Å²) in [5.41, 5.74) is -0.0569. The summed E-state index contributed by atoms with van der Waals surface area (Å²) in [6, 6.07) is 4.26. The van der Waals surface area contributed by atoms with Gasteiger partial charge in [-0.3, -0.25) is 4.79 Å². The molecule has 0 bridgehead atoms. The summed E-state index contributed by atoms with van der Waals surface area (Å²) < 4.78 is 37.7. The molecule has 19 heavy (non-hydrogen) atoms. The van der Waals surface area contributed by atoms with Crippen molar-refractivity contribution in [1.29, 1.82) is 0 Å². The van der Waals surface area contributed by atoms with E-state index in [1.807, 2.05) is 0 Å². The zero-order valence-electron chi connectivity index (χ0n) is 10.2. The third kappa shape index (κ3) is 5.66. The van der Waals surface area contributed by atoms with Gasteiger partial charge in [-0.05, 0) is 34.5 Å². The Balaban J connectivity index is 2.44. The van der Waals surface area contributed by atoms with Gasteiger partial charge in [0.05, 0.1) is 11.8 Å². The number of benzene rings is 1. The molecule has 106 valence electrons. The lowest BCUT2D eigenvalue weighted by molar-refractivity contribution is 0.0948. The second-order valence-electron chi connectivity index (χ2n) is 3.87. The number of rotatable bonds is 6. The summed E-state index contributed by atoms with van der Waals surface area (Å²) in [6.45, 7) is 0.472. The molecule has 1 aromatic rings. The Morgan fingerprint density at radius 2 is 2.05 bits per heavy atom. The highest BCUT2D eigenvalue weighted by Gasteiger charge is 2.14. The zero-order chi connectivity index (χ0) is 14.5. The van der Waals surface area contributed by atoms with Crippen LogP contribution in [0.25, 0.3) is 0 Å². The molecule has 0 aliphatic heterocycles. The van der Waals surface area contributed by atoms with E-state index in [-0.39, 0.29) is 18.7 Å². The Kier molecular flexibility index (Phi) is 5.89. The van der Waals surface area contributed by atoms with Crippen molar-refractivity contribution in [1.82, 2.24) is 10.0 Å². The molecule has 1 aromatic carbocycles. The third-order valence-corrected chi connectivity index (χ3v) is 3.58. The first kappa shape index (κ1) is 16.1. The first-order valence-corrected chi connectivity index (χ1v) is 8.16. The van der Waals surface area contributed by atoms with Crippen molar-refractivity contribution in [2.75, 3.05) is 19.3 Å². The Hall–Kier alpha value is -0.990. The lowest BCUT2D eigenvalue weighted by atomic mass is 10.2. The van der Waals surface area contributed by atoms with E-state index in [0.717, 1.165) is 6.26 Å². The fourth-order valence-corrected chi connectivity index (χ4v) is 2.39. The van der Waals surface area contributed by atoms with Crippen LogP contribution in [-0.4, -0.2) is 33.7 Å². The molecular formula is C11H14BrFN2O3S. The van der Waals surface area contributed by atoms with E-state index < -0.39 is 21.7 Å². The van der Waals surface area contributed by atoms with Crippen LogP contribution in [0.4, 0.5) is 4.39 Å². The van der Waals surface area contributed by atoms with Gasteiger partial charge >= 0.3 is 0 Å². The van der Waals surface area contributed by atoms with Crippen LogP contribution in [0.15, 0.2) is 22.7 Å². The Bertz CT molecular complexity index is 543. The quantitative estimate of drug-likeness (QED) is 0.756. The summed E-state index contributed by atoms with van der Waals surface area (Å²) >= 11 is 3.10. The molecule has 8 heteroatoms. The average Bonchev–Trinajstić information content (AvgIpc) is 2.26. The van der Waals surface area contributed by atoms with Gasteiger partial charge in [-0.1, -0.05) is 6.07 Å². The maximum absolute atomic E-state index is 13.4. The SMILES string of the molecule is CS(=O)(=O)NCCCNC(=O)c1c(F)cccc1Br. The van der Waals surface area contributed by atoms with Crippen LogP contribution in [0.5, 0.6) is 0 Å². The monoisotopic (exact) mass is 352 g/mol. The van der Waals surface area contributed by atoms with Crippen LogP contribution >= 0.6 is 15.9 Å². The highest BCUT2D eigenvalue weighted by atomic mass is 79.9. The molecule has 0 atom stereocenters. The number of halogens is 2. The van der Waals surface area contributed by atoms with Gasteiger partial charge in [0.2, 0.25) is 10.0 Å². The summed E-state index contributed by atoms with van der Waals surface area (Å²) in [7, 11) is -3.22. The Labute approximate surface area is 119 Å². The molecule has 5 nitrogen and oxygen atoms in total. The molecule has 0 spiro atoms. The van der Waals surface area contributed by atoms with Crippen molar-refractivity contribution in [3.05, 3.63) is 34.1 Å². The summed E-state index contributed by atoms with van der Waals surface area (Å²) in [4.78, 5) is 11.7. The minimum Gasteiger partial charge on any atom is -0.352 e. The highest BCUT2D eigenvalue weighted by Crippen LogP contribution is 2.19. The van der Waals surface area contributed by atoms with Crippen LogP contribution in [-0.2, 0) is 10.0 Å². The van der Waals surface area contributed by atoms with Gasteiger partial charge in [-0.25, -0.2) is 17.5 Å². The lowest BCUT2D eigenvalue weighted by Crippen LogP contribution is -2.30. The molecule has 0 aliphatic carbocycles. The van der Waals surface area contributed by atoms with Crippen LogP contribution in [0.2, 0.25) is 0 Å². The molecule has 0 aromatic heterocycles. The highest BCUT2D eigenvalue weighted by molar-refractivity contribution is 9.10. The molecule has 0 saturated heterocycles. The normalized spacial score (nSPS) is 11.3. The second-order valence-corrected chi connectivity index (χ2v) is 6.56. The number of hydrogen-bond donors (Lipinski definition) is 2. The predicted octanol–water partition coefficient (Wildman–Crippen LogP) is 1.26. The number of sulfonamides is 1. The smallest absolute Gasteiger partial charge is 0.255 e. The molecule has 2 N–H and O–H groups in total. The van der Waals surface area contributed by atoms with Gasteiger partial charge in [0.15, 0.2) is 0 Å². The maximum atomic E-state index is 13.4. The summed E-state index contributed by atoms with van der Waals surface area (Å²) in [5, 5.41) is 2.52. The summed E-state index contributed by atoms with van der Waals surface area (Å²) in [5.74, 6) is -1.15. The van der Waals surface area contributed by atoms with E-state index in [1.54, 1.807) is 6.07 Å². The van der Waals surface area contributed by atoms with Crippen LogP contribution in [0.1, 0.15) is 16.8 Å². The Morgan fingerprint density at radius 1 is 1.37 bits per heavy atom. The van der Waals surface area contributed by atoms with Crippen LogP contribution < -0.4 is 10.0 Å². The van der Waals surface area contributed by atoms with Gasteiger partial charge in [0.1, 0.15) is 5.82 Å². The number of carbonyl (C=O) groups is 1. The average molecular weight is 353 g/mol. The fourth-order valence-electron chi connectivity index (χ4n) is 1.35. The lowest BCUT2D eigenvalue weighted by Gasteiger charge is -2.08. The van der Waals surface area contributed by atoms with Crippen molar-refractivity contribution >= 4 is 31.9 Å². The number of hydrogen-bond acceptors (Lipinski definition) is 3. The first-order valence-electron chi connectivity index (χ1n) is 5.48. The molecule has 0 fully saturated rings. The molecule has 0 aliphatic rings. The third-order valence-electron chi connectivity index (χ3n) is 2.19. The predicted molar refractivity (Wildman–Crippen MR) is 73.9 cm³/mol. The van der Waals surface area contributed by atoms with Gasteiger partial charge in [-0.2, -0.15) is 0 Å². The van der Waals surface area contributed by atoms with Gasteiger partial charge in [-0.15, -0.1) is 0 Å². The molecule has 0 radical (unpaired) electrons. The number of amides is 1. The van der Waals surface area contributed by atoms with Crippen molar-refractivity contribution in [3.8, 4) is 0 Å². The van der Waals surface area contributed by atoms with E-state index in [2.05, 4.69) is 26.0 Å². The molecule has 1 amide bonds. The van der Waals surface area contributed by atoms with E-state index in [0.29, 0.717) is 10.9 Å². The summed E-state index contributed by atoms with van der Waals surface area (Å²) in [6.07, 6.45) is 1.48. The second kappa shape index (κ2) is 6.97. The van der Waals surface area contributed by atoms with Crippen molar-refractivity contribution in [2.45, 2.75) is 6.42 Å². The van der Waals surface area contributed by atoms with Gasteiger partial charge < -0.3 is 5.32 Å². The molecule has 0 saturated carbocycles. The van der Waals surface area contributed by atoms with Crippen LogP contribution in [0, 0.1) is 5.82 Å². The van der Waals surface area contributed by atoms with Gasteiger partial charge in [0, 0.05) is 17.6 Å². The van der Waals surface area contributed by atoms with Crippen molar-refractivity contribution in [2.24, 2.45) is 0 Å². The van der Waals surface area contributed by atoms with Crippen LogP contribution in [0.3, 0.4) is 0 Å². The Morgan fingerprint density at radius 3 is 2.63 bits per heavy atom. The fraction of sp³-hybridized carbons (Fsp3) is 0.364. The van der Waals surface area contributed by atoms with Crippen molar-refractivity contribution in [3.63, 3.8) is 0 Å². The largest absolute Gasteiger partial charge is 0.352 e. The van der Waals surface area contributed by atoms with Crippen molar-refractivity contribution < 1.29 is 17.6 Å². The standard InChI is InChI=1S/C11H14BrFN2O3S/c1-19(17,18)15-7-3-6-14-11(16)10-8(12)4-2-5-9(10)13/h2,4-5,15H,3,6-7H2,1H3,(H,14,16). The van der Waals surface area contributed by atoms with E-state index in [1.165, 1.54) is 12.1 Å². The first-order chi connectivity index (χ1) is 8.81. The van der Waals surface area contributed by atoms with Gasteiger partial charge in [0.25, 0.3) is 5.91 Å². The molecular weight excluding hydrogens is 339 g/mol.